The molecule has 0 saturated carbocycles. The number of likely N-dealkylation sites (N-methyl/N-ethyl adjacent to an activating group) is 1. The molecule has 0 bridgehead atoms. The molecular weight excluding hydrogens is 366 g/mol. The fourth-order valence-electron chi connectivity index (χ4n) is 2.29. The van der Waals surface area contributed by atoms with Crippen molar-refractivity contribution in [3.8, 4) is 0 Å². The van der Waals surface area contributed by atoms with Crippen LogP contribution < -0.4 is 27.0 Å². The number of benzene rings is 1. The van der Waals surface area contributed by atoms with Crippen LogP contribution in [0.2, 0.25) is 0 Å². The van der Waals surface area contributed by atoms with Gasteiger partial charge in [0.25, 0.3) is 0 Å². The number of carbonyl (C=O) groups is 4. The normalized spacial score (nSPS) is 11.2. The van der Waals surface area contributed by atoms with E-state index in [2.05, 4.69) is 21.3 Å². The van der Waals surface area contributed by atoms with Crippen molar-refractivity contribution in [3.63, 3.8) is 0 Å². The third kappa shape index (κ3) is 9.53. The Labute approximate surface area is 163 Å². The van der Waals surface area contributed by atoms with Crippen LogP contribution in [0.5, 0.6) is 0 Å². The highest BCUT2D eigenvalue weighted by Gasteiger charge is 2.20. The van der Waals surface area contributed by atoms with Crippen LogP contribution in [-0.2, 0) is 25.7 Å². The summed E-state index contributed by atoms with van der Waals surface area (Å²) in [6.45, 7) is 1.86. The second-order valence-corrected chi connectivity index (χ2v) is 6.05. The number of rotatable bonds is 11. The average Bonchev–Trinajstić information content (AvgIpc) is 2.63. The molecule has 0 aliphatic heterocycles. The van der Waals surface area contributed by atoms with E-state index < -0.39 is 12.1 Å². The van der Waals surface area contributed by atoms with Crippen molar-refractivity contribution in [2.45, 2.75) is 32.4 Å². The van der Waals surface area contributed by atoms with E-state index in [1.165, 1.54) is 6.92 Å². The minimum absolute atomic E-state index is 0.0775. The lowest BCUT2D eigenvalue weighted by Crippen LogP contribution is -2.46. The number of ether oxygens (including phenoxy) is 1. The van der Waals surface area contributed by atoms with Crippen LogP contribution in [0.3, 0.4) is 0 Å². The lowest BCUT2D eigenvalue weighted by Gasteiger charge is -2.19. The van der Waals surface area contributed by atoms with Crippen molar-refractivity contribution in [3.05, 3.63) is 29.8 Å². The van der Waals surface area contributed by atoms with Gasteiger partial charge in [-0.05, 0) is 37.6 Å². The van der Waals surface area contributed by atoms with E-state index in [0.717, 1.165) is 5.56 Å². The second-order valence-electron chi connectivity index (χ2n) is 6.05. The Balaban J connectivity index is 2.65. The molecule has 0 saturated heterocycles. The van der Waals surface area contributed by atoms with Crippen molar-refractivity contribution in [1.29, 1.82) is 0 Å². The molecule has 0 spiro atoms. The molecule has 0 aromatic heterocycles. The first kappa shape index (κ1) is 22.9. The minimum Gasteiger partial charge on any atom is -0.461 e. The Morgan fingerprint density at radius 2 is 1.82 bits per heavy atom. The van der Waals surface area contributed by atoms with Gasteiger partial charge >= 0.3 is 12.0 Å². The average molecular weight is 393 g/mol. The molecule has 1 atom stereocenters. The Hall–Kier alpha value is -3.14. The van der Waals surface area contributed by atoms with Crippen LogP contribution in [0, 0.1) is 0 Å². The molecular formula is C18H27N5O5. The summed E-state index contributed by atoms with van der Waals surface area (Å²) in [5.41, 5.74) is 6.33. The predicted octanol–water partition coefficient (Wildman–Crippen LogP) is -0.159. The highest BCUT2D eigenvalue weighted by atomic mass is 16.5. The van der Waals surface area contributed by atoms with E-state index in [1.807, 2.05) is 0 Å². The summed E-state index contributed by atoms with van der Waals surface area (Å²) in [5.74, 6) is -1.07. The van der Waals surface area contributed by atoms with Gasteiger partial charge in [0.15, 0.2) is 0 Å². The smallest absolute Gasteiger partial charge is 0.312 e. The molecule has 6 N–H and O–H groups in total. The van der Waals surface area contributed by atoms with Gasteiger partial charge in [-0.1, -0.05) is 12.1 Å². The number of amides is 4. The van der Waals surface area contributed by atoms with Crippen LogP contribution >= 0.6 is 0 Å². The SMILES string of the molecule is CNCC(=O)NC(CCCNC(N)=O)C(=O)Nc1ccc(COC(C)=O)cc1. The van der Waals surface area contributed by atoms with Crippen molar-refractivity contribution < 1.29 is 23.9 Å². The number of hydrogen-bond acceptors (Lipinski definition) is 6. The fourth-order valence-corrected chi connectivity index (χ4v) is 2.29. The van der Waals surface area contributed by atoms with Gasteiger partial charge in [-0.3, -0.25) is 14.4 Å². The summed E-state index contributed by atoms with van der Waals surface area (Å²) >= 11 is 0. The topological polar surface area (TPSA) is 152 Å². The van der Waals surface area contributed by atoms with Crippen LogP contribution in [0.1, 0.15) is 25.3 Å². The van der Waals surface area contributed by atoms with Gasteiger partial charge in [-0.2, -0.15) is 0 Å². The lowest BCUT2D eigenvalue weighted by molar-refractivity contribution is -0.142. The molecule has 0 aliphatic rings. The highest BCUT2D eigenvalue weighted by Crippen LogP contribution is 2.12. The van der Waals surface area contributed by atoms with Crippen LogP contribution in [0.4, 0.5) is 10.5 Å². The number of carbonyl (C=O) groups excluding carboxylic acids is 4. The molecule has 28 heavy (non-hydrogen) atoms. The number of anilines is 1. The zero-order valence-corrected chi connectivity index (χ0v) is 16.0. The third-order valence-corrected chi connectivity index (χ3v) is 3.62. The van der Waals surface area contributed by atoms with Crippen LogP contribution in [-0.4, -0.2) is 50.0 Å². The molecule has 1 aromatic carbocycles. The van der Waals surface area contributed by atoms with Crippen molar-refractivity contribution >= 4 is 29.5 Å². The number of hydrogen-bond donors (Lipinski definition) is 5. The van der Waals surface area contributed by atoms with Crippen molar-refractivity contribution in [1.82, 2.24) is 16.0 Å². The first-order chi connectivity index (χ1) is 13.3. The summed E-state index contributed by atoms with van der Waals surface area (Å²) in [6.07, 6.45) is 0.786. The van der Waals surface area contributed by atoms with Gasteiger partial charge in [-0.15, -0.1) is 0 Å². The molecule has 1 rings (SSSR count). The van der Waals surface area contributed by atoms with E-state index >= 15 is 0 Å². The fraction of sp³-hybridized carbons (Fsp3) is 0.444. The van der Waals surface area contributed by atoms with Crippen LogP contribution in [0.15, 0.2) is 24.3 Å². The first-order valence-electron chi connectivity index (χ1n) is 8.82. The Morgan fingerprint density at radius 1 is 1.14 bits per heavy atom. The van der Waals surface area contributed by atoms with E-state index in [4.69, 9.17) is 10.5 Å². The summed E-state index contributed by atoms with van der Waals surface area (Å²) in [4.78, 5) is 45.9. The number of urea groups is 1. The summed E-state index contributed by atoms with van der Waals surface area (Å²) in [6, 6.07) is 5.40. The minimum atomic E-state index is -0.767. The molecule has 4 amide bonds. The largest absolute Gasteiger partial charge is 0.461 e. The van der Waals surface area contributed by atoms with Crippen molar-refractivity contribution in [2.24, 2.45) is 5.73 Å². The summed E-state index contributed by atoms with van der Waals surface area (Å²) in [5, 5.41) is 10.5. The zero-order chi connectivity index (χ0) is 20.9. The maximum atomic E-state index is 12.6. The number of nitrogens with one attached hydrogen (secondary N) is 4. The Morgan fingerprint density at radius 3 is 2.39 bits per heavy atom. The number of nitrogens with two attached hydrogens (primary N) is 1. The maximum absolute atomic E-state index is 12.6. The van der Waals surface area contributed by atoms with Crippen LogP contribution in [0.25, 0.3) is 0 Å². The van der Waals surface area contributed by atoms with E-state index in [-0.39, 0.29) is 30.9 Å². The number of primary amides is 1. The van der Waals surface area contributed by atoms with Gasteiger partial charge in [-0.25, -0.2) is 4.79 Å². The molecule has 1 aromatic rings. The van der Waals surface area contributed by atoms with E-state index in [0.29, 0.717) is 25.1 Å². The monoisotopic (exact) mass is 393 g/mol. The predicted molar refractivity (Wildman–Crippen MR) is 103 cm³/mol. The molecule has 10 nitrogen and oxygen atoms in total. The molecule has 10 heteroatoms. The number of esters is 1. The first-order valence-corrected chi connectivity index (χ1v) is 8.82. The van der Waals surface area contributed by atoms with E-state index in [1.54, 1.807) is 31.3 Å². The standard InChI is InChI=1S/C18H27N5O5/c1-12(24)28-11-13-5-7-14(8-6-13)22-17(26)15(23-16(25)10-20-2)4-3-9-21-18(19)27/h5-8,15,20H,3-4,9-11H2,1-2H3,(H,22,26)(H,23,25)(H3,19,21,27). The molecule has 0 aliphatic carbocycles. The van der Waals surface area contributed by atoms with Gasteiger partial charge < -0.3 is 31.7 Å². The molecule has 1 unspecified atom stereocenters. The van der Waals surface area contributed by atoms with Gasteiger partial charge in [0.2, 0.25) is 11.8 Å². The zero-order valence-electron chi connectivity index (χ0n) is 16.0. The van der Waals surface area contributed by atoms with Gasteiger partial charge in [0.05, 0.1) is 6.54 Å². The second kappa shape index (κ2) is 12.3. The summed E-state index contributed by atoms with van der Waals surface area (Å²) in [7, 11) is 1.63. The summed E-state index contributed by atoms with van der Waals surface area (Å²) < 4.78 is 4.91. The Kier molecular flexibility index (Phi) is 10.0. The molecule has 0 radical (unpaired) electrons. The van der Waals surface area contributed by atoms with E-state index in [9.17, 15) is 19.2 Å². The lowest BCUT2D eigenvalue weighted by atomic mass is 10.1. The Bertz CT molecular complexity index is 677. The third-order valence-electron chi connectivity index (χ3n) is 3.62. The highest BCUT2D eigenvalue weighted by molar-refractivity contribution is 5.97. The molecule has 0 heterocycles. The molecule has 154 valence electrons. The molecule has 0 fully saturated rings. The van der Waals surface area contributed by atoms with Gasteiger partial charge in [0, 0.05) is 19.2 Å². The quantitative estimate of drug-likeness (QED) is 0.260. The maximum Gasteiger partial charge on any atom is 0.312 e. The van der Waals surface area contributed by atoms with Crippen molar-refractivity contribution in [2.75, 3.05) is 25.5 Å². The van der Waals surface area contributed by atoms with Gasteiger partial charge in [0.1, 0.15) is 12.6 Å².